The minimum absolute atomic E-state index is 0.0135. The van der Waals surface area contributed by atoms with Crippen molar-refractivity contribution >= 4 is 41.4 Å². The van der Waals surface area contributed by atoms with E-state index in [1.165, 1.54) is 52.9 Å². The standard InChI is InChI=1S/C49H65N7O8/c1-8-32(4)43-45(60)51-37(26-31(2)3)46(61)55(7)41(29-34-18-13-10-14-19-34)49(64)56-25-15-20-39(56)48(63)53(5)30-42(58)50-38(27-33-16-11-9-12-17-33)47(62)54(6)40(44(59)52-43)28-35-21-23-36(57)24-22-35/h9-14,16-19,21-24,31-32,37-41,43,57H,8,15,20,25-30H2,1-7H3,(H,50,58)(H,51,60)(H,52,59). The normalized spacial score (nSPS) is 24.2. The van der Waals surface area contributed by atoms with Gasteiger partial charge >= 0.3 is 0 Å². The van der Waals surface area contributed by atoms with E-state index in [2.05, 4.69) is 16.0 Å². The molecule has 0 spiro atoms. The summed E-state index contributed by atoms with van der Waals surface area (Å²) in [6.07, 6.45) is 1.75. The second kappa shape index (κ2) is 22.4. The Hall–Kier alpha value is -6.25. The second-order valence-corrected chi connectivity index (χ2v) is 17.7. The van der Waals surface area contributed by atoms with Crippen molar-refractivity contribution in [2.24, 2.45) is 11.8 Å². The van der Waals surface area contributed by atoms with Crippen molar-refractivity contribution in [1.29, 1.82) is 0 Å². The first-order valence-corrected chi connectivity index (χ1v) is 22.3. The fraction of sp³-hybridized carbons (Fsp3) is 0.490. The van der Waals surface area contributed by atoms with E-state index in [4.69, 9.17) is 0 Å². The number of phenolic OH excluding ortho intramolecular Hbond substituents is 1. The first kappa shape index (κ1) is 48.8. The van der Waals surface area contributed by atoms with Gasteiger partial charge in [-0.1, -0.05) is 107 Å². The zero-order valence-corrected chi connectivity index (χ0v) is 38.2. The molecule has 4 N–H and O–H groups in total. The summed E-state index contributed by atoms with van der Waals surface area (Å²) >= 11 is 0. The molecular formula is C49H65N7O8. The molecule has 3 aromatic rings. The van der Waals surface area contributed by atoms with Crippen molar-refractivity contribution in [2.45, 2.75) is 109 Å². The second-order valence-electron chi connectivity index (χ2n) is 17.7. The van der Waals surface area contributed by atoms with E-state index < -0.39 is 90.1 Å². The molecule has 0 saturated carbocycles. The van der Waals surface area contributed by atoms with Crippen LogP contribution < -0.4 is 16.0 Å². The monoisotopic (exact) mass is 879 g/mol. The highest BCUT2D eigenvalue weighted by molar-refractivity contribution is 5.98. The summed E-state index contributed by atoms with van der Waals surface area (Å²) in [4.78, 5) is 107. The summed E-state index contributed by atoms with van der Waals surface area (Å²) in [7, 11) is 4.47. The summed E-state index contributed by atoms with van der Waals surface area (Å²) in [5.74, 6) is -4.36. The van der Waals surface area contributed by atoms with E-state index in [-0.39, 0.29) is 43.9 Å². The Morgan fingerprint density at radius 1 is 0.625 bits per heavy atom. The van der Waals surface area contributed by atoms with E-state index in [1.807, 2.05) is 88.4 Å². The highest BCUT2D eigenvalue weighted by atomic mass is 16.3. The lowest BCUT2D eigenvalue weighted by molar-refractivity contribution is -0.150. The number of rotatable bonds is 10. The Bertz CT molecular complexity index is 2100. The van der Waals surface area contributed by atoms with E-state index in [0.29, 0.717) is 24.8 Å². The highest BCUT2D eigenvalue weighted by Gasteiger charge is 2.43. The largest absolute Gasteiger partial charge is 0.508 e. The molecule has 2 aliphatic rings. The molecule has 7 amide bonds. The molecule has 0 aliphatic carbocycles. The number of likely N-dealkylation sites (N-methyl/N-ethyl adjacent to an activating group) is 3. The number of carbonyl (C=O) groups excluding carboxylic acids is 7. The molecule has 5 rings (SSSR count). The Morgan fingerprint density at radius 2 is 1.17 bits per heavy atom. The molecule has 2 fully saturated rings. The average molecular weight is 880 g/mol. The van der Waals surface area contributed by atoms with Crippen molar-refractivity contribution in [1.82, 2.24) is 35.6 Å². The number of amides is 7. The highest BCUT2D eigenvalue weighted by Crippen LogP contribution is 2.24. The molecule has 2 saturated heterocycles. The third kappa shape index (κ3) is 12.5. The van der Waals surface area contributed by atoms with Gasteiger partial charge in [0.1, 0.15) is 42.0 Å². The zero-order chi connectivity index (χ0) is 46.7. The third-order valence-electron chi connectivity index (χ3n) is 12.5. The van der Waals surface area contributed by atoms with Crippen LogP contribution in [0.1, 0.15) is 70.1 Å². The van der Waals surface area contributed by atoms with Crippen LogP contribution in [0.5, 0.6) is 5.75 Å². The molecule has 7 unspecified atom stereocenters. The van der Waals surface area contributed by atoms with Crippen molar-refractivity contribution < 1.29 is 38.7 Å². The average Bonchev–Trinajstić information content (AvgIpc) is 3.78. The predicted octanol–water partition coefficient (Wildman–Crippen LogP) is 3.08. The van der Waals surface area contributed by atoms with Gasteiger partial charge in [0, 0.05) is 47.0 Å². The number of fused-ring (bicyclic) bond motifs is 1. The Morgan fingerprint density at radius 3 is 1.77 bits per heavy atom. The number of hydrogen-bond acceptors (Lipinski definition) is 8. The van der Waals surface area contributed by atoms with Crippen LogP contribution in [0.15, 0.2) is 84.9 Å². The molecule has 344 valence electrons. The minimum atomic E-state index is -1.21. The first-order chi connectivity index (χ1) is 30.5. The first-order valence-electron chi connectivity index (χ1n) is 22.3. The molecule has 15 nitrogen and oxygen atoms in total. The Kier molecular flexibility index (Phi) is 17.1. The number of phenols is 1. The SMILES string of the molecule is CCC(C)C1NC(=O)C(Cc2ccc(O)cc2)N(C)C(=O)C(Cc2ccccc2)NC(=O)CN(C)C(=O)C2CCCN2C(=O)C(Cc2ccccc2)N(C)C(=O)C(CC(C)C)NC1=O. The topological polar surface area (TPSA) is 189 Å². The van der Waals surface area contributed by atoms with Crippen molar-refractivity contribution in [3.8, 4) is 5.75 Å². The maximum Gasteiger partial charge on any atom is 0.246 e. The van der Waals surface area contributed by atoms with Crippen LogP contribution in [0.3, 0.4) is 0 Å². The van der Waals surface area contributed by atoms with Crippen LogP contribution in [0, 0.1) is 11.8 Å². The van der Waals surface area contributed by atoms with Crippen molar-refractivity contribution in [3.63, 3.8) is 0 Å². The molecule has 2 heterocycles. The van der Waals surface area contributed by atoms with Crippen molar-refractivity contribution in [2.75, 3.05) is 34.2 Å². The lowest BCUT2D eigenvalue weighted by atomic mass is 9.95. The zero-order valence-electron chi connectivity index (χ0n) is 38.2. The molecule has 3 aromatic carbocycles. The molecule has 0 radical (unpaired) electrons. The van der Waals surface area contributed by atoms with Gasteiger partial charge in [-0.25, -0.2) is 0 Å². The molecule has 64 heavy (non-hydrogen) atoms. The predicted molar refractivity (Wildman–Crippen MR) is 242 cm³/mol. The van der Waals surface area contributed by atoms with E-state index in [9.17, 15) is 38.7 Å². The maximum atomic E-state index is 14.8. The third-order valence-corrected chi connectivity index (χ3v) is 12.5. The minimum Gasteiger partial charge on any atom is -0.508 e. The molecule has 0 bridgehead atoms. The summed E-state index contributed by atoms with van der Waals surface area (Å²) in [5.41, 5.74) is 2.14. The number of hydrogen-bond donors (Lipinski definition) is 4. The van der Waals surface area contributed by atoms with Crippen LogP contribution in [-0.4, -0.2) is 137 Å². The van der Waals surface area contributed by atoms with E-state index in [0.717, 1.165) is 11.1 Å². The van der Waals surface area contributed by atoms with Gasteiger partial charge in [0.25, 0.3) is 0 Å². The Labute approximate surface area is 376 Å². The van der Waals surface area contributed by atoms with Crippen LogP contribution in [0.4, 0.5) is 0 Å². The summed E-state index contributed by atoms with van der Waals surface area (Å²) in [5, 5.41) is 18.7. The van der Waals surface area contributed by atoms with Gasteiger partial charge in [-0.3, -0.25) is 33.6 Å². The number of aromatic hydroxyl groups is 1. The van der Waals surface area contributed by atoms with E-state index >= 15 is 0 Å². The van der Waals surface area contributed by atoms with Crippen molar-refractivity contribution in [3.05, 3.63) is 102 Å². The molecule has 0 aromatic heterocycles. The number of nitrogens with zero attached hydrogens (tertiary/aromatic N) is 4. The van der Waals surface area contributed by atoms with Gasteiger partial charge in [-0.2, -0.15) is 0 Å². The van der Waals surface area contributed by atoms with E-state index in [1.54, 1.807) is 12.1 Å². The molecular weight excluding hydrogens is 815 g/mol. The fourth-order valence-electron chi connectivity index (χ4n) is 8.51. The lowest BCUT2D eigenvalue weighted by Crippen LogP contribution is -2.61. The molecule has 7 atom stereocenters. The number of carbonyl (C=O) groups is 7. The fourth-order valence-corrected chi connectivity index (χ4v) is 8.51. The van der Waals surface area contributed by atoms with Gasteiger partial charge in [-0.05, 0) is 59.9 Å². The number of benzene rings is 3. The van der Waals surface area contributed by atoms with Crippen LogP contribution in [-0.2, 0) is 52.8 Å². The Balaban J connectivity index is 1.61. The quantitative estimate of drug-likeness (QED) is 0.239. The van der Waals surface area contributed by atoms with Crippen LogP contribution >= 0.6 is 0 Å². The smallest absolute Gasteiger partial charge is 0.246 e. The molecule has 15 heteroatoms. The van der Waals surface area contributed by atoms with Gasteiger partial charge in [0.2, 0.25) is 41.4 Å². The maximum absolute atomic E-state index is 14.8. The van der Waals surface area contributed by atoms with Gasteiger partial charge in [0.05, 0.1) is 6.54 Å². The summed E-state index contributed by atoms with van der Waals surface area (Å²) < 4.78 is 0. The van der Waals surface area contributed by atoms with Gasteiger partial charge in [-0.15, -0.1) is 0 Å². The molecule has 2 aliphatic heterocycles. The number of nitrogens with one attached hydrogen (secondary N) is 3. The van der Waals surface area contributed by atoms with Gasteiger partial charge in [0.15, 0.2) is 0 Å². The van der Waals surface area contributed by atoms with Gasteiger partial charge < -0.3 is 40.7 Å². The summed E-state index contributed by atoms with van der Waals surface area (Å²) in [6, 6.07) is 18.0. The van der Waals surface area contributed by atoms with Crippen LogP contribution in [0.2, 0.25) is 0 Å². The lowest BCUT2D eigenvalue weighted by Gasteiger charge is -2.36. The van der Waals surface area contributed by atoms with Crippen LogP contribution in [0.25, 0.3) is 0 Å². The summed E-state index contributed by atoms with van der Waals surface area (Å²) in [6.45, 7) is 7.36.